The summed E-state index contributed by atoms with van der Waals surface area (Å²) in [6.45, 7) is 1.87. The van der Waals surface area contributed by atoms with Crippen LogP contribution in [-0.2, 0) is 4.79 Å². The first kappa shape index (κ1) is 14.4. The van der Waals surface area contributed by atoms with Gasteiger partial charge in [0.25, 0.3) is 5.91 Å². The van der Waals surface area contributed by atoms with Gasteiger partial charge in [0.2, 0.25) is 0 Å². The van der Waals surface area contributed by atoms with Crippen LogP contribution in [0.4, 0.5) is 11.4 Å². The number of anilines is 2. The van der Waals surface area contributed by atoms with E-state index in [1.807, 2.05) is 37.3 Å². The lowest BCUT2D eigenvalue weighted by molar-refractivity contribution is -0.118. The van der Waals surface area contributed by atoms with Crippen LogP contribution in [0.5, 0.6) is 5.75 Å². The third kappa shape index (κ3) is 3.74. The van der Waals surface area contributed by atoms with E-state index in [1.165, 1.54) is 0 Å². The molecule has 104 valence electrons. The Bertz CT molecular complexity index is 629. The van der Waals surface area contributed by atoms with E-state index in [1.54, 1.807) is 12.1 Å². The van der Waals surface area contributed by atoms with Crippen molar-refractivity contribution in [1.82, 2.24) is 0 Å². The minimum Gasteiger partial charge on any atom is -0.483 e. The summed E-state index contributed by atoms with van der Waals surface area (Å²) in [7, 11) is 0. The van der Waals surface area contributed by atoms with Crippen LogP contribution in [0.3, 0.4) is 0 Å². The molecule has 5 heteroatoms. The molecule has 0 aliphatic carbocycles. The van der Waals surface area contributed by atoms with Gasteiger partial charge in [-0.05, 0) is 42.8 Å². The van der Waals surface area contributed by atoms with E-state index in [2.05, 4.69) is 21.2 Å². The summed E-state index contributed by atoms with van der Waals surface area (Å²) in [6.07, 6.45) is 0. The van der Waals surface area contributed by atoms with E-state index in [9.17, 15) is 4.79 Å². The fourth-order valence-electron chi connectivity index (χ4n) is 1.72. The van der Waals surface area contributed by atoms with Crippen LogP contribution in [0.1, 0.15) is 5.56 Å². The second kappa shape index (κ2) is 6.43. The quantitative estimate of drug-likeness (QED) is 0.842. The molecule has 0 spiro atoms. The van der Waals surface area contributed by atoms with Crippen LogP contribution in [0.2, 0.25) is 0 Å². The Morgan fingerprint density at radius 2 is 2.05 bits per heavy atom. The number of hydrogen-bond donors (Lipinski definition) is 2. The van der Waals surface area contributed by atoms with Gasteiger partial charge in [-0.2, -0.15) is 0 Å². The van der Waals surface area contributed by atoms with Gasteiger partial charge in [-0.3, -0.25) is 4.79 Å². The topological polar surface area (TPSA) is 64.3 Å². The number of nitrogens with one attached hydrogen (secondary N) is 1. The fraction of sp³-hybridized carbons (Fsp3) is 0.133. The predicted molar refractivity (Wildman–Crippen MR) is 83.9 cm³/mol. The number of nitrogen functional groups attached to an aromatic ring is 1. The highest BCUT2D eigenvalue weighted by Gasteiger charge is 2.07. The van der Waals surface area contributed by atoms with Gasteiger partial charge in [0.1, 0.15) is 5.75 Å². The van der Waals surface area contributed by atoms with Crippen LogP contribution in [0.15, 0.2) is 46.9 Å². The van der Waals surface area contributed by atoms with Gasteiger partial charge in [-0.25, -0.2) is 0 Å². The summed E-state index contributed by atoms with van der Waals surface area (Å²) in [4.78, 5) is 11.8. The Labute approximate surface area is 126 Å². The summed E-state index contributed by atoms with van der Waals surface area (Å²) < 4.78 is 6.47. The zero-order valence-electron chi connectivity index (χ0n) is 11.0. The van der Waals surface area contributed by atoms with Gasteiger partial charge >= 0.3 is 0 Å². The third-order valence-corrected chi connectivity index (χ3v) is 3.22. The van der Waals surface area contributed by atoms with Crippen molar-refractivity contribution in [3.05, 3.63) is 52.5 Å². The summed E-state index contributed by atoms with van der Waals surface area (Å²) in [5.41, 5.74) is 7.84. The average Bonchev–Trinajstić information content (AvgIpc) is 2.40. The molecule has 0 radical (unpaired) electrons. The average molecular weight is 335 g/mol. The van der Waals surface area contributed by atoms with Gasteiger partial charge < -0.3 is 15.8 Å². The first-order chi connectivity index (χ1) is 9.56. The maximum absolute atomic E-state index is 11.8. The molecule has 0 atom stereocenters. The highest BCUT2D eigenvalue weighted by Crippen LogP contribution is 2.22. The number of amides is 1. The third-order valence-electron chi connectivity index (χ3n) is 2.73. The van der Waals surface area contributed by atoms with Crippen molar-refractivity contribution in [2.45, 2.75) is 6.92 Å². The van der Waals surface area contributed by atoms with Crippen molar-refractivity contribution in [2.75, 3.05) is 17.7 Å². The molecule has 0 aromatic heterocycles. The van der Waals surface area contributed by atoms with Gasteiger partial charge in [0, 0.05) is 4.47 Å². The molecule has 0 saturated heterocycles. The summed E-state index contributed by atoms with van der Waals surface area (Å²) in [6, 6.07) is 12.7. The number of hydrogen-bond acceptors (Lipinski definition) is 3. The molecule has 0 unspecified atom stereocenters. The van der Waals surface area contributed by atoms with E-state index in [-0.39, 0.29) is 12.5 Å². The Morgan fingerprint density at radius 3 is 2.75 bits per heavy atom. The number of para-hydroxylation sites is 2. The van der Waals surface area contributed by atoms with Crippen molar-refractivity contribution >= 4 is 33.2 Å². The van der Waals surface area contributed by atoms with E-state index >= 15 is 0 Å². The zero-order valence-corrected chi connectivity index (χ0v) is 12.6. The SMILES string of the molecule is Cc1cc(Br)ccc1OCC(=O)Nc1ccccc1N. The lowest BCUT2D eigenvalue weighted by Crippen LogP contribution is -2.21. The zero-order chi connectivity index (χ0) is 14.5. The molecular weight excluding hydrogens is 320 g/mol. The Balaban J connectivity index is 1.94. The maximum atomic E-state index is 11.8. The van der Waals surface area contributed by atoms with Gasteiger partial charge in [0.05, 0.1) is 11.4 Å². The number of aryl methyl sites for hydroxylation is 1. The van der Waals surface area contributed by atoms with E-state index in [4.69, 9.17) is 10.5 Å². The molecule has 0 heterocycles. The fourth-order valence-corrected chi connectivity index (χ4v) is 2.19. The minimum atomic E-state index is -0.245. The number of nitrogens with two attached hydrogens (primary N) is 1. The lowest BCUT2D eigenvalue weighted by Gasteiger charge is -2.11. The first-order valence-corrected chi connectivity index (χ1v) is 6.89. The van der Waals surface area contributed by atoms with E-state index in [0.29, 0.717) is 17.1 Å². The van der Waals surface area contributed by atoms with Crippen molar-refractivity contribution < 1.29 is 9.53 Å². The van der Waals surface area contributed by atoms with E-state index in [0.717, 1.165) is 10.0 Å². The monoisotopic (exact) mass is 334 g/mol. The van der Waals surface area contributed by atoms with Crippen molar-refractivity contribution in [1.29, 1.82) is 0 Å². The number of carbonyl (C=O) groups is 1. The molecule has 0 bridgehead atoms. The van der Waals surface area contributed by atoms with Crippen LogP contribution in [0.25, 0.3) is 0 Å². The van der Waals surface area contributed by atoms with Crippen molar-refractivity contribution in [2.24, 2.45) is 0 Å². The molecule has 20 heavy (non-hydrogen) atoms. The van der Waals surface area contributed by atoms with Crippen LogP contribution in [0, 0.1) is 6.92 Å². The largest absolute Gasteiger partial charge is 0.483 e. The molecule has 0 saturated carbocycles. The predicted octanol–water partition coefficient (Wildman–Crippen LogP) is 3.36. The highest BCUT2D eigenvalue weighted by molar-refractivity contribution is 9.10. The Kier molecular flexibility index (Phi) is 4.63. The van der Waals surface area contributed by atoms with Gasteiger partial charge in [-0.1, -0.05) is 28.1 Å². The summed E-state index contributed by atoms with van der Waals surface area (Å²) >= 11 is 3.38. The second-order valence-electron chi connectivity index (χ2n) is 4.33. The van der Waals surface area contributed by atoms with Gasteiger partial charge in [-0.15, -0.1) is 0 Å². The molecule has 3 N–H and O–H groups in total. The number of halogens is 1. The highest BCUT2D eigenvalue weighted by atomic mass is 79.9. The number of benzene rings is 2. The number of carbonyl (C=O) groups excluding carboxylic acids is 1. The summed E-state index contributed by atoms with van der Waals surface area (Å²) in [5.74, 6) is 0.439. The normalized spacial score (nSPS) is 10.1. The molecule has 2 rings (SSSR count). The molecule has 0 fully saturated rings. The minimum absolute atomic E-state index is 0.0587. The van der Waals surface area contributed by atoms with Crippen LogP contribution in [-0.4, -0.2) is 12.5 Å². The van der Waals surface area contributed by atoms with E-state index < -0.39 is 0 Å². The molecule has 0 aliphatic rings. The Hall–Kier alpha value is -2.01. The maximum Gasteiger partial charge on any atom is 0.262 e. The molecule has 1 amide bonds. The molecule has 2 aromatic carbocycles. The second-order valence-corrected chi connectivity index (χ2v) is 5.25. The smallest absolute Gasteiger partial charge is 0.262 e. The van der Waals surface area contributed by atoms with Gasteiger partial charge in [0.15, 0.2) is 6.61 Å². The molecular formula is C15H15BrN2O2. The van der Waals surface area contributed by atoms with Crippen LogP contribution < -0.4 is 15.8 Å². The number of ether oxygens (including phenoxy) is 1. The number of rotatable bonds is 4. The first-order valence-electron chi connectivity index (χ1n) is 6.09. The standard InChI is InChI=1S/C15H15BrN2O2/c1-10-8-11(16)6-7-14(10)20-9-15(19)18-13-5-3-2-4-12(13)17/h2-8H,9,17H2,1H3,(H,18,19). The molecule has 4 nitrogen and oxygen atoms in total. The summed E-state index contributed by atoms with van der Waals surface area (Å²) in [5, 5.41) is 2.71. The molecule has 2 aromatic rings. The lowest BCUT2D eigenvalue weighted by atomic mass is 10.2. The van der Waals surface area contributed by atoms with Crippen molar-refractivity contribution in [3.8, 4) is 5.75 Å². The molecule has 0 aliphatic heterocycles. The van der Waals surface area contributed by atoms with Crippen molar-refractivity contribution in [3.63, 3.8) is 0 Å². The Morgan fingerprint density at radius 1 is 1.30 bits per heavy atom. The van der Waals surface area contributed by atoms with Crippen LogP contribution >= 0.6 is 15.9 Å².